The topological polar surface area (TPSA) is 35.5 Å². The van der Waals surface area contributed by atoms with E-state index >= 15 is 8.78 Å². The maximum atomic E-state index is 15.1. The Morgan fingerprint density at radius 1 is 0.861 bits per heavy atom. The molecule has 36 heavy (non-hydrogen) atoms. The molecule has 0 unspecified atom stereocenters. The molecule has 2 aromatic carbocycles. The molecule has 0 heterocycles. The number of hydrogen-bond donors (Lipinski definition) is 0. The van der Waals surface area contributed by atoms with Gasteiger partial charge in [-0.05, 0) is 86.0 Å². The molecule has 0 N–H and O–H groups in total. The molecule has 0 aromatic heterocycles. The van der Waals surface area contributed by atoms with Crippen LogP contribution in [0.3, 0.4) is 0 Å². The summed E-state index contributed by atoms with van der Waals surface area (Å²) in [6.45, 7) is 4.67. The van der Waals surface area contributed by atoms with E-state index in [0.717, 1.165) is 44.6 Å². The minimum Gasteiger partial charge on any atom is -0.491 e. The molecule has 3 nitrogen and oxygen atoms in total. The molecule has 0 saturated heterocycles. The number of esters is 1. The quantitative estimate of drug-likeness (QED) is 0.206. The first-order chi connectivity index (χ1) is 17.4. The number of halogens is 3. The van der Waals surface area contributed by atoms with Crippen LogP contribution < -0.4 is 9.47 Å². The fourth-order valence-corrected chi connectivity index (χ4v) is 5.61. The average Bonchev–Trinajstić information content (AvgIpc) is 2.88. The van der Waals surface area contributed by atoms with E-state index in [1.165, 1.54) is 12.1 Å². The van der Waals surface area contributed by atoms with Crippen LogP contribution in [0.1, 0.15) is 101 Å². The summed E-state index contributed by atoms with van der Waals surface area (Å²) in [5.74, 6) is -1.85. The Morgan fingerprint density at radius 2 is 1.44 bits per heavy atom. The smallest absolute Gasteiger partial charge is 0.314 e. The predicted molar refractivity (Wildman–Crippen MR) is 134 cm³/mol. The van der Waals surface area contributed by atoms with Gasteiger partial charge in [0.05, 0.1) is 12.5 Å². The lowest BCUT2D eigenvalue weighted by Gasteiger charge is -2.29. The third-order valence-electron chi connectivity index (χ3n) is 7.98. The van der Waals surface area contributed by atoms with Crippen molar-refractivity contribution in [2.45, 2.75) is 89.9 Å². The third kappa shape index (κ3) is 6.24. The van der Waals surface area contributed by atoms with Crippen LogP contribution in [0.2, 0.25) is 0 Å². The van der Waals surface area contributed by atoms with Crippen molar-refractivity contribution in [2.75, 3.05) is 6.61 Å². The first-order valence-electron chi connectivity index (χ1n) is 13.5. The van der Waals surface area contributed by atoms with Crippen molar-refractivity contribution in [1.82, 2.24) is 0 Å². The fraction of sp³-hybridized carbons (Fsp3) is 0.567. The number of hydrogen-bond acceptors (Lipinski definition) is 3. The molecule has 6 heteroatoms. The highest BCUT2D eigenvalue weighted by Crippen LogP contribution is 2.41. The number of benzene rings is 2. The average molecular weight is 503 g/mol. The van der Waals surface area contributed by atoms with E-state index in [1.807, 2.05) is 6.92 Å². The second kappa shape index (κ2) is 12.2. The minimum atomic E-state index is -0.728. The second-order valence-electron chi connectivity index (χ2n) is 10.6. The van der Waals surface area contributed by atoms with Crippen molar-refractivity contribution in [3.8, 4) is 11.5 Å². The van der Waals surface area contributed by atoms with Gasteiger partial charge in [-0.3, -0.25) is 4.79 Å². The zero-order valence-electron chi connectivity index (χ0n) is 21.3. The SMILES string of the molecule is CCCCOc1ccc(OC(=O)C2CCC(c3ccc(C4CCC(C)CC4)c(F)c3F)CC2)cc1F. The van der Waals surface area contributed by atoms with Gasteiger partial charge < -0.3 is 9.47 Å². The second-order valence-corrected chi connectivity index (χ2v) is 10.6. The van der Waals surface area contributed by atoms with Crippen LogP contribution >= 0.6 is 0 Å². The molecule has 2 saturated carbocycles. The maximum absolute atomic E-state index is 15.1. The number of rotatable bonds is 8. The summed E-state index contributed by atoms with van der Waals surface area (Å²) in [7, 11) is 0. The number of carbonyl (C=O) groups is 1. The van der Waals surface area contributed by atoms with Crippen molar-refractivity contribution in [2.24, 2.45) is 11.8 Å². The molecule has 2 aromatic rings. The zero-order chi connectivity index (χ0) is 25.7. The van der Waals surface area contributed by atoms with E-state index in [4.69, 9.17) is 9.47 Å². The van der Waals surface area contributed by atoms with E-state index in [1.54, 1.807) is 12.1 Å². The van der Waals surface area contributed by atoms with Gasteiger partial charge in [-0.1, -0.05) is 45.2 Å². The van der Waals surface area contributed by atoms with Crippen LogP contribution in [0.15, 0.2) is 30.3 Å². The van der Waals surface area contributed by atoms with E-state index < -0.39 is 23.4 Å². The Bertz CT molecular complexity index is 1040. The van der Waals surface area contributed by atoms with Crippen LogP contribution in [0.25, 0.3) is 0 Å². The van der Waals surface area contributed by atoms with Gasteiger partial charge in [0.15, 0.2) is 23.2 Å². The molecule has 2 aliphatic carbocycles. The van der Waals surface area contributed by atoms with E-state index in [0.29, 0.717) is 49.3 Å². The van der Waals surface area contributed by atoms with Gasteiger partial charge in [0.2, 0.25) is 0 Å². The summed E-state index contributed by atoms with van der Waals surface area (Å²) < 4.78 is 55.2. The summed E-state index contributed by atoms with van der Waals surface area (Å²) in [6, 6.07) is 7.69. The Hall–Kier alpha value is -2.50. The minimum absolute atomic E-state index is 0.0945. The predicted octanol–water partition coefficient (Wildman–Crippen LogP) is 8.46. The van der Waals surface area contributed by atoms with Gasteiger partial charge in [0.25, 0.3) is 0 Å². The summed E-state index contributed by atoms with van der Waals surface area (Å²) in [6.07, 6.45) is 7.90. The Labute approximate surface area is 212 Å². The van der Waals surface area contributed by atoms with Crippen LogP contribution in [0.4, 0.5) is 13.2 Å². The number of carbonyl (C=O) groups excluding carboxylic acids is 1. The molecule has 0 bridgehead atoms. The number of unbranched alkanes of at least 4 members (excludes halogenated alkanes) is 1. The summed E-state index contributed by atoms with van der Waals surface area (Å²) >= 11 is 0. The Kier molecular flexibility index (Phi) is 8.97. The zero-order valence-corrected chi connectivity index (χ0v) is 21.3. The molecule has 196 valence electrons. The van der Waals surface area contributed by atoms with Gasteiger partial charge >= 0.3 is 5.97 Å². The molecular formula is C30H37F3O3. The summed E-state index contributed by atoms with van der Waals surface area (Å²) in [5.41, 5.74) is 0.919. The van der Waals surface area contributed by atoms with Crippen molar-refractivity contribution in [3.63, 3.8) is 0 Å². The van der Waals surface area contributed by atoms with Gasteiger partial charge in [-0.25, -0.2) is 13.2 Å². The molecule has 2 aliphatic rings. The maximum Gasteiger partial charge on any atom is 0.314 e. The van der Waals surface area contributed by atoms with Crippen LogP contribution in [-0.2, 0) is 4.79 Å². The van der Waals surface area contributed by atoms with Crippen molar-refractivity contribution in [1.29, 1.82) is 0 Å². The van der Waals surface area contributed by atoms with Crippen LogP contribution in [-0.4, -0.2) is 12.6 Å². The first kappa shape index (κ1) is 26.6. The number of ether oxygens (including phenoxy) is 2. The Balaban J connectivity index is 1.32. The molecule has 4 rings (SSSR count). The van der Waals surface area contributed by atoms with Gasteiger partial charge in [-0.2, -0.15) is 0 Å². The van der Waals surface area contributed by atoms with Gasteiger partial charge in [-0.15, -0.1) is 0 Å². The van der Waals surface area contributed by atoms with Crippen molar-refractivity contribution < 1.29 is 27.4 Å². The fourth-order valence-electron chi connectivity index (χ4n) is 5.61. The van der Waals surface area contributed by atoms with Crippen LogP contribution in [0, 0.1) is 29.3 Å². The summed E-state index contributed by atoms with van der Waals surface area (Å²) in [4.78, 5) is 12.7. The molecule has 0 radical (unpaired) electrons. The lowest BCUT2D eigenvalue weighted by molar-refractivity contribution is -0.140. The molecule has 0 atom stereocenters. The molecule has 0 spiro atoms. The van der Waals surface area contributed by atoms with Crippen molar-refractivity contribution >= 4 is 5.97 Å². The Morgan fingerprint density at radius 3 is 2.00 bits per heavy atom. The van der Waals surface area contributed by atoms with Gasteiger partial charge in [0.1, 0.15) is 5.75 Å². The highest BCUT2D eigenvalue weighted by molar-refractivity contribution is 5.75. The van der Waals surface area contributed by atoms with E-state index in [2.05, 4.69) is 6.92 Å². The molecule has 0 aliphatic heterocycles. The summed E-state index contributed by atoms with van der Waals surface area (Å²) in [5, 5.41) is 0. The molecular weight excluding hydrogens is 465 g/mol. The molecule has 2 fully saturated rings. The third-order valence-corrected chi connectivity index (χ3v) is 7.98. The lowest BCUT2D eigenvalue weighted by atomic mass is 9.76. The largest absolute Gasteiger partial charge is 0.491 e. The highest BCUT2D eigenvalue weighted by atomic mass is 19.2. The molecule has 0 amide bonds. The lowest BCUT2D eigenvalue weighted by Crippen LogP contribution is -2.25. The van der Waals surface area contributed by atoms with Gasteiger partial charge in [0, 0.05) is 6.07 Å². The van der Waals surface area contributed by atoms with E-state index in [-0.39, 0.29) is 29.3 Å². The van der Waals surface area contributed by atoms with Crippen molar-refractivity contribution in [3.05, 3.63) is 58.9 Å². The first-order valence-corrected chi connectivity index (χ1v) is 13.5. The van der Waals surface area contributed by atoms with Crippen LogP contribution in [0.5, 0.6) is 11.5 Å². The monoisotopic (exact) mass is 502 g/mol. The standard InChI is InChI=1S/C30H37F3O3/c1-3-4-17-35-27-16-13-23(18-26(27)31)36-30(34)22-11-9-21(10-12-22)25-15-14-24(28(32)29(25)33)20-7-5-19(2)6-8-20/h13-16,18-22H,3-12,17H2,1-2H3. The normalized spacial score (nSPS) is 24.4. The van der Waals surface area contributed by atoms with E-state index in [9.17, 15) is 9.18 Å². The highest BCUT2D eigenvalue weighted by Gasteiger charge is 2.32.